The van der Waals surface area contributed by atoms with Crippen LogP contribution in [0.2, 0.25) is 0 Å². The molecule has 0 bridgehead atoms. The van der Waals surface area contributed by atoms with Gasteiger partial charge in [0.1, 0.15) is 11.6 Å². The molecule has 0 atom stereocenters. The van der Waals surface area contributed by atoms with Gasteiger partial charge < -0.3 is 15.1 Å². The van der Waals surface area contributed by atoms with Crippen LogP contribution in [-0.4, -0.2) is 46.1 Å². The Labute approximate surface area is 156 Å². The summed E-state index contributed by atoms with van der Waals surface area (Å²) in [6.07, 6.45) is 5.23. The van der Waals surface area contributed by atoms with Gasteiger partial charge in [-0.15, -0.1) is 0 Å². The second-order valence-electron chi connectivity index (χ2n) is 6.21. The molecule has 1 N–H and O–H groups in total. The van der Waals surface area contributed by atoms with Gasteiger partial charge in [-0.1, -0.05) is 18.2 Å². The van der Waals surface area contributed by atoms with Gasteiger partial charge in [-0.05, 0) is 18.2 Å². The van der Waals surface area contributed by atoms with Gasteiger partial charge in [0.05, 0.1) is 0 Å². The molecular weight excluding hydrogens is 345 g/mol. The van der Waals surface area contributed by atoms with Gasteiger partial charge in [0.25, 0.3) is 0 Å². The molecule has 0 radical (unpaired) electrons. The molecule has 2 aromatic heterocycles. The fourth-order valence-corrected chi connectivity index (χ4v) is 2.99. The monoisotopic (exact) mass is 365 g/mol. The van der Waals surface area contributed by atoms with E-state index in [9.17, 15) is 4.39 Å². The molecule has 1 saturated heterocycles. The molecule has 3 heterocycles. The lowest BCUT2D eigenvalue weighted by molar-refractivity contribution is 0.612. The summed E-state index contributed by atoms with van der Waals surface area (Å²) in [7, 11) is 0. The molecule has 138 valence electrons. The van der Waals surface area contributed by atoms with Crippen LogP contribution in [0.5, 0.6) is 0 Å². The van der Waals surface area contributed by atoms with E-state index in [-0.39, 0.29) is 5.82 Å². The molecule has 7 nitrogen and oxygen atoms in total. The SMILES string of the molecule is Fc1ccccc1CNc1ccnc(N2CCN(c3ncccn3)CC2)n1. The topological polar surface area (TPSA) is 70.1 Å². The number of aromatic nitrogens is 4. The normalized spacial score (nSPS) is 14.3. The highest BCUT2D eigenvalue weighted by molar-refractivity contribution is 5.43. The van der Waals surface area contributed by atoms with Crippen LogP contribution in [0.1, 0.15) is 5.56 Å². The van der Waals surface area contributed by atoms with E-state index in [0.29, 0.717) is 23.9 Å². The number of hydrogen-bond donors (Lipinski definition) is 1. The Morgan fingerprint density at radius 3 is 2.22 bits per heavy atom. The van der Waals surface area contributed by atoms with Crippen molar-refractivity contribution >= 4 is 17.7 Å². The molecule has 0 amide bonds. The highest BCUT2D eigenvalue weighted by atomic mass is 19.1. The van der Waals surface area contributed by atoms with Crippen molar-refractivity contribution in [1.82, 2.24) is 19.9 Å². The molecule has 1 aromatic carbocycles. The van der Waals surface area contributed by atoms with Crippen LogP contribution < -0.4 is 15.1 Å². The summed E-state index contributed by atoms with van der Waals surface area (Å²) in [5.74, 6) is 1.87. The van der Waals surface area contributed by atoms with Crippen LogP contribution >= 0.6 is 0 Å². The molecule has 0 saturated carbocycles. The van der Waals surface area contributed by atoms with Crippen molar-refractivity contribution < 1.29 is 4.39 Å². The van der Waals surface area contributed by atoms with Crippen LogP contribution in [0.3, 0.4) is 0 Å². The number of piperazine rings is 1. The van der Waals surface area contributed by atoms with Crippen molar-refractivity contribution in [2.45, 2.75) is 6.54 Å². The lowest BCUT2D eigenvalue weighted by Crippen LogP contribution is -2.47. The summed E-state index contributed by atoms with van der Waals surface area (Å²) in [5.41, 5.74) is 0.606. The Bertz CT molecular complexity index is 882. The van der Waals surface area contributed by atoms with Crippen LogP contribution in [-0.2, 0) is 6.54 Å². The van der Waals surface area contributed by atoms with E-state index in [1.165, 1.54) is 6.07 Å². The maximum Gasteiger partial charge on any atom is 0.227 e. The predicted molar refractivity (Wildman–Crippen MR) is 102 cm³/mol. The van der Waals surface area contributed by atoms with E-state index in [0.717, 1.165) is 32.1 Å². The van der Waals surface area contributed by atoms with E-state index < -0.39 is 0 Å². The molecule has 1 fully saturated rings. The van der Waals surface area contributed by atoms with Crippen LogP contribution in [0.25, 0.3) is 0 Å². The highest BCUT2D eigenvalue weighted by Crippen LogP contribution is 2.16. The van der Waals surface area contributed by atoms with Crippen LogP contribution in [0, 0.1) is 5.82 Å². The maximum atomic E-state index is 13.7. The number of rotatable bonds is 5. The lowest BCUT2D eigenvalue weighted by atomic mass is 10.2. The smallest absolute Gasteiger partial charge is 0.227 e. The van der Waals surface area contributed by atoms with Gasteiger partial charge in [0.15, 0.2) is 0 Å². The van der Waals surface area contributed by atoms with E-state index in [1.54, 1.807) is 36.8 Å². The number of nitrogens with zero attached hydrogens (tertiary/aromatic N) is 6. The summed E-state index contributed by atoms with van der Waals surface area (Å²) >= 11 is 0. The first-order chi connectivity index (χ1) is 13.3. The minimum absolute atomic E-state index is 0.224. The number of halogens is 1. The lowest BCUT2D eigenvalue weighted by Gasteiger charge is -2.34. The molecule has 1 aliphatic rings. The van der Waals surface area contributed by atoms with E-state index in [1.807, 2.05) is 12.1 Å². The molecular formula is C19H20FN7. The van der Waals surface area contributed by atoms with Gasteiger partial charge in [0, 0.05) is 56.9 Å². The Balaban J connectivity index is 1.37. The fraction of sp³-hybridized carbons (Fsp3) is 0.263. The zero-order valence-electron chi connectivity index (χ0n) is 14.8. The molecule has 0 aliphatic carbocycles. The molecule has 8 heteroatoms. The Kier molecular flexibility index (Phi) is 5.04. The minimum atomic E-state index is -0.224. The van der Waals surface area contributed by atoms with Crippen molar-refractivity contribution in [3.63, 3.8) is 0 Å². The standard InChI is InChI=1S/C19H20FN7/c20-16-5-2-1-4-15(16)14-24-17-6-9-23-19(25-17)27-12-10-26(11-13-27)18-21-7-3-8-22-18/h1-9H,10-14H2,(H,23,24,25). The number of anilines is 3. The highest BCUT2D eigenvalue weighted by Gasteiger charge is 2.20. The van der Waals surface area contributed by atoms with E-state index >= 15 is 0 Å². The molecule has 1 aliphatic heterocycles. The van der Waals surface area contributed by atoms with E-state index in [2.05, 4.69) is 35.1 Å². The van der Waals surface area contributed by atoms with Gasteiger partial charge in [-0.2, -0.15) is 4.98 Å². The number of benzene rings is 1. The zero-order chi connectivity index (χ0) is 18.5. The Morgan fingerprint density at radius 1 is 0.815 bits per heavy atom. The van der Waals surface area contributed by atoms with E-state index in [4.69, 9.17) is 0 Å². The van der Waals surface area contributed by atoms with Gasteiger partial charge in [0.2, 0.25) is 11.9 Å². The third-order valence-corrected chi connectivity index (χ3v) is 4.46. The van der Waals surface area contributed by atoms with Crippen molar-refractivity contribution in [2.75, 3.05) is 41.3 Å². The first-order valence-corrected chi connectivity index (χ1v) is 8.87. The third-order valence-electron chi connectivity index (χ3n) is 4.46. The van der Waals surface area contributed by atoms with Crippen molar-refractivity contribution in [2.24, 2.45) is 0 Å². The molecule has 0 spiro atoms. The average molecular weight is 365 g/mol. The predicted octanol–water partition coefficient (Wildman–Crippen LogP) is 2.34. The fourth-order valence-electron chi connectivity index (χ4n) is 2.99. The molecule has 0 unspecified atom stereocenters. The first-order valence-electron chi connectivity index (χ1n) is 8.87. The Hall–Kier alpha value is -3.29. The maximum absolute atomic E-state index is 13.7. The first kappa shape index (κ1) is 17.1. The second-order valence-corrected chi connectivity index (χ2v) is 6.21. The van der Waals surface area contributed by atoms with Gasteiger partial charge in [-0.25, -0.2) is 19.3 Å². The zero-order valence-corrected chi connectivity index (χ0v) is 14.8. The molecule has 27 heavy (non-hydrogen) atoms. The summed E-state index contributed by atoms with van der Waals surface area (Å²) in [4.78, 5) is 21.8. The Morgan fingerprint density at radius 2 is 1.48 bits per heavy atom. The number of nitrogens with one attached hydrogen (secondary N) is 1. The van der Waals surface area contributed by atoms with Crippen molar-refractivity contribution in [3.05, 3.63) is 66.4 Å². The summed E-state index contributed by atoms with van der Waals surface area (Å²) in [6, 6.07) is 10.3. The summed E-state index contributed by atoms with van der Waals surface area (Å²) in [5, 5.41) is 3.17. The number of hydrogen-bond acceptors (Lipinski definition) is 7. The van der Waals surface area contributed by atoms with Crippen molar-refractivity contribution in [1.29, 1.82) is 0 Å². The third kappa shape index (κ3) is 4.11. The quantitative estimate of drug-likeness (QED) is 0.744. The van der Waals surface area contributed by atoms with Gasteiger partial charge >= 0.3 is 0 Å². The minimum Gasteiger partial charge on any atom is -0.366 e. The average Bonchev–Trinajstić information content (AvgIpc) is 2.74. The van der Waals surface area contributed by atoms with Crippen LogP contribution in [0.15, 0.2) is 55.0 Å². The van der Waals surface area contributed by atoms with Crippen molar-refractivity contribution in [3.8, 4) is 0 Å². The largest absolute Gasteiger partial charge is 0.366 e. The second kappa shape index (κ2) is 7.94. The summed E-state index contributed by atoms with van der Waals surface area (Å²) in [6.45, 7) is 3.56. The molecule has 4 rings (SSSR count). The molecule has 3 aromatic rings. The summed E-state index contributed by atoms with van der Waals surface area (Å²) < 4.78 is 13.7. The van der Waals surface area contributed by atoms with Gasteiger partial charge in [-0.3, -0.25) is 0 Å². The van der Waals surface area contributed by atoms with Crippen LogP contribution in [0.4, 0.5) is 22.1 Å².